The molecular formula is C21H31Cl2N3O. The lowest BCUT2D eigenvalue weighted by Crippen LogP contribution is -2.41. The fourth-order valence-electron chi connectivity index (χ4n) is 2.75. The number of nitrogens with zero attached hydrogens (tertiary/aromatic N) is 1. The van der Waals surface area contributed by atoms with E-state index in [1.165, 1.54) is 5.56 Å². The normalized spacial score (nSPS) is 11.3. The van der Waals surface area contributed by atoms with E-state index in [1.54, 1.807) is 0 Å². The summed E-state index contributed by atoms with van der Waals surface area (Å²) in [6, 6.07) is 17.7. The Hall–Kier alpha value is -1.59. The van der Waals surface area contributed by atoms with Gasteiger partial charge in [0.25, 0.3) is 0 Å². The molecule has 1 atom stereocenters. The zero-order valence-corrected chi connectivity index (χ0v) is 17.7. The lowest BCUT2D eigenvalue weighted by molar-refractivity contribution is -0.122. The van der Waals surface area contributed by atoms with Crippen LogP contribution in [0.25, 0.3) is 0 Å². The summed E-state index contributed by atoms with van der Waals surface area (Å²) in [4.78, 5) is 14.5. The minimum absolute atomic E-state index is 0. The predicted octanol–water partition coefficient (Wildman–Crippen LogP) is 3.56. The number of nitrogens with one attached hydrogen (secondary N) is 1. The maximum Gasteiger partial charge on any atom is 0.237 e. The molecule has 1 amide bonds. The average molecular weight is 412 g/mol. The fourth-order valence-corrected chi connectivity index (χ4v) is 2.75. The van der Waals surface area contributed by atoms with E-state index in [2.05, 4.69) is 48.3 Å². The van der Waals surface area contributed by atoms with Crippen LogP contribution in [0.3, 0.4) is 0 Å². The second-order valence-electron chi connectivity index (χ2n) is 6.29. The van der Waals surface area contributed by atoms with Crippen LogP contribution >= 0.6 is 24.8 Å². The summed E-state index contributed by atoms with van der Waals surface area (Å²) in [7, 11) is 0. The number of carbonyl (C=O) groups is 1. The number of amides is 1. The van der Waals surface area contributed by atoms with Crippen LogP contribution in [0.15, 0.2) is 54.6 Å². The van der Waals surface area contributed by atoms with Gasteiger partial charge in [0.1, 0.15) is 0 Å². The molecule has 0 bridgehead atoms. The second-order valence-corrected chi connectivity index (χ2v) is 6.29. The minimum Gasteiger partial charge on any atom is -0.351 e. The second kappa shape index (κ2) is 13.6. The van der Waals surface area contributed by atoms with E-state index in [-0.39, 0.29) is 30.7 Å². The summed E-state index contributed by atoms with van der Waals surface area (Å²) in [6.07, 6.45) is 0.551. The third kappa shape index (κ3) is 8.76. The first kappa shape index (κ1) is 25.4. The Bertz CT molecular complexity index is 646. The zero-order valence-electron chi connectivity index (χ0n) is 16.1. The maximum absolute atomic E-state index is 12.2. The molecule has 0 aliphatic carbocycles. The molecule has 0 fully saturated rings. The Balaban J connectivity index is 0.00000338. The number of hydrogen-bond donors (Lipinski definition) is 2. The van der Waals surface area contributed by atoms with E-state index in [9.17, 15) is 4.79 Å². The van der Waals surface area contributed by atoms with Crippen molar-refractivity contribution in [3.63, 3.8) is 0 Å². The Morgan fingerprint density at radius 3 is 2.04 bits per heavy atom. The van der Waals surface area contributed by atoms with Gasteiger partial charge in [-0.15, -0.1) is 24.8 Å². The maximum atomic E-state index is 12.2. The molecule has 2 aromatic rings. The number of carbonyl (C=O) groups excluding carboxylic acids is 1. The molecule has 0 radical (unpaired) electrons. The van der Waals surface area contributed by atoms with Crippen LogP contribution in [0.4, 0.5) is 0 Å². The molecule has 0 heterocycles. The molecule has 0 aliphatic heterocycles. The van der Waals surface area contributed by atoms with Crippen molar-refractivity contribution in [2.24, 2.45) is 5.73 Å². The smallest absolute Gasteiger partial charge is 0.237 e. The van der Waals surface area contributed by atoms with Gasteiger partial charge in [0, 0.05) is 13.1 Å². The Morgan fingerprint density at radius 1 is 0.926 bits per heavy atom. The number of halogens is 2. The van der Waals surface area contributed by atoms with Crippen LogP contribution < -0.4 is 11.1 Å². The Kier molecular flexibility index (Phi) is 12.8. The van der Waals surface area contributed by atoms with Crippen molar-refractivity contribution in [2.75, 3.05) is 13.1 Å². The molecule has 6 heteroatoms. The summed E-state index contributed by atoms with van der Waals surface area (Å²) in [5, 5.41) is 2.93. The van der Waals surface area contributed by atoms with E-state index >= 15 is 0 Å². The van der Waals surface area contributed by atoms with Gasteiger partial charge in [-0.3, -0.25) is 9.69 Å². The van der Waals surface area contributed by atoms with E-state index in [0.717, 1.165) is 30.8 Å². The Morgan fingerprint density at radius 2 is 1.48 bits per heavy atom. The quantitative estimate of drug-likeness (QED) is 0.662. The van der Waals surface area contributed by atoms with Crippen LogP contribution in [-0.2, 0) is 24.3 Å². The molecule has 3 N–H and O–H groups in total. The van der Waals surface area contributed by atoms with Crippen LogP contribution in [0.5, 0.6) is 0 Å². The SMILES string of the molecule is CCN(CC)Cc1ccc(CNC(=O)[C@@H](N)Cc2ccccc2)cc1.Cl.Cl. The van der Waals surface area contributed by atoms with Crippen molar-refractivity contribution in [1.82, 2.24) is 10.2 Å². The molecular weight excluding hydrogens is 381 g/mol. The highest BCUT2D eigenvalue weighted by Gasteiger charge is 2.13. The van der Waals surface area contributed by atoms with Gasteiger partial charge < -0.3 is 11.1 Å². The number of nitrogens with two attached hydrogens (primary N) is 1. The molecule has 150 valence electrons. The number of hydrogen-bond acceptors (Lipinski definition) is 3. The summed E-state index contributed by atoms with van der Waals surface area (Å²) in [5.41, 5.74) is 9.46. The highest BCUT2D eigenvalue weighted by atomic mass is 35.5. The third-order valence-corrected chi connectivity index (χ3v) is 4.43. The molecule has 4 nitrogen and oxygen atoms in total. The van der Waals surface area contributed by atoms with Gasteiger partial charge in [-0.05, 0) is 36.2 Å². The van der Waals surface area contributed by atoms with Crippen molar-refractivity contribution in [3.05, 3.63) is 71.3 Å². The largest absolute Gasteiger partial charge is 0.351 e. The number of benzene rings is 2. The summed E-state index contributed by atoms with van der Waals surface area (Å²) >= 11 is 0. The molecule has 0 saturated heterocycles. The summed E-state index contributed by atoms with van der Waals surface area (Å²) in [5.74, 6) is -0.115. The highest BCUT2D eigenvalue weighted by Crippen LogP contribution is 2.08. The lowest BCUT2D eigenvalue weighted by atomic mass is 10.1. The van der Waals surface area contributed by atoms with Gasteiger partial charge in [-0.25, -0.2) is 0 Å². The van der Waals surface area contributed by atoms with Crippen molar-refractivity contribution in [1.29, 1.82) is 0 Å². The summed E-state index contributed by atoms with van der Waals surface area (Å²) in [6.45, 7) is 7.91. The highest BCUT2D eigenvalue weighted by molar-refractivity contribution is 5.85. The van der Waals surface area contributed by atoms with Gasteiger partial charge >= 0.3 is 0 Å². The Labute approximate surface area is 175 Å². The van der Waals surface area contributed by atoms with Crippen LogP contribution in [-0.4, -0.2) is 29.9 Å². The molecule has 0 spiro atoms. The van der Waals surface area contributed by atoms with Crippen molar-refractivity contribution >= 4 is 30.7 Å². The molecule has 0 aliphatic rings. The monoisotopic (exact) mass is 411 g/mol. The molecule has 2 rings (SSSR count). The van der Waals surface area contributed by atoms with E-state index in [0.29, 0.717) is 13.0 Å². The predicted molar refractivity (Wildman–Crippen MR) is 118 cm³/mol. The van der Waals surface area contributed by atoms with Crippen molar-refractivity contribution in [3.8, 4) is 0 Å². The first-order chi connectivity index (χ1) is 12.1. The first-order valence-corrected chi connectivity index (χ1v) is 8.99. The molecule has 0 unspecified atom stereocenters. The first-order valence-electron chi connectivity index (χ1n) is 8.99. The van der Waals surface area contributed by atoms with Gasteiger partial charge in [0.2, 0.25) is 5.91 Å². The fraction of sp³-hybridized carbons (Fsp3) is 0.381. The summed E-state index contributed by atoms with van der Waals surface area (Å²) < 4.78 is 0. The van der Waals surface area contributed by atoms with Gasteiger partial charge in [-0.2, -0.15) is 0 Å². The van der Waals surface area contributed by atoms with Crippen LogP contribution in [0.1, 0.15) is 30.5 Å². The van der Waals surface area contributed by atoms with Crippen LogP contribution in [0, 0.1) is 0 Å². The molecule has 2 aromatic carbocycles. The van der Waals surface area contributed by atoms with E-state index in [1.807, 2.05) is 30.3 Å². The van der Waals surface area contributed by atoms with Crippen molar-refractivity contribution in [2.45, 2.75) is 39.4 Å². The molecule has 0 aromatic heterocycles. The van der Waals surface area contributed by atoms with E-state index < -0.39 is 6.04 Å². The standard InChI is InChI=1S/C21H29N3O.2ClH/c1-3-24(4-2)16-19-12-10-18(11-13-19)15-23-21(25)20(22)14-17-8-6-5-7-9-17;;/h5-13,20H,3-4,14-16,22H2,1-2H3,(H,23,25);2*1H/t20-;;/m0../s1. The minimum atomic E-state index is -0.524. The average Bonchev–Trinajstić information content (AvgIpc) is 2.65. The topological polar surface area (TPSA) is 58.4 Å². The molecule has 0 saturated carbocycles. The zero-order chi connectivity index (χ0) is 18.1. The van der Waals surface area contributed by atoms with E-state index in [4.69, 9.17) is 5.73 Å². The third-order valence-electron chi connectivity index (χ3n) is 4.43. The van der Waals surface area contributed by atoms with Crippen LogP contribution in [0.2, 0.25) is 0 Å². The van der Waals surface area contributed by atoms with Gasteiger partial charge in [0.15, 0.2) is 0 Å². The van der Waals surface area contributed by atoms with Gasteiger partial charge in [-0.1, -0.05) is 68.4 Å². The van der Waals surface area contributed by atoms with Crippen molar-refractivity contribution < 1.29 is 4.79 Å². The lowest BCUT2D eigenvalue weighted by Gasteiger charge is -2.18. The van der Waals surface area contributed by atoms with Gasteiger partial charge in [0.05, 0.1) is 6.04 Å². The molecule has 27 heavy (non-hydrogen) atoms. The number of rotatable bonds is 9.